The largest absolute Gasteiger partial charge is 0.481 e. The first-order chi connectivity index (χ1) is 12.1. The van der Waals surface area contributed by atoms with E-state index in [-0.39, 0.29) is 24.3 Å². The number of carbonyl (C=O) groups excluding carboxylic acids is 2. The van der Waals surface area contributed by atoms with Crippen molar-refractivity contribution >= 4 is 23.6 Å². The van der Waals surface area contributed by atoms with Gasteiger partial charge in [0.1, 0.15) is 0 Å². The minimum atomic E-state index is -0.821. The van der Waals surface area contributed by atoms with Gasteiger partial charge in [-0.2, -0.15) is 0 Å². The summed E-state index contributed by atoms with van der Waals surface area (Å²) >= 11 is 0. The van der Waals surface area contributed by atoms with Crippen molar-refractivity contribution in [2.45, 2.75) is 32.1 Å². The normalized spacial score (nSPS) is 17.0. The summed E-state index contributed by atoms with van der Waals surface area (Å²) in [4.78, 5) is 36.7. The number of aliphatic carboxylic acids is 1. The molecule has 0 spiro atoms. The van der Waals surface area contributed by atoms with Gasteiger partial charge in [0.2, 0.25) is 5.91 Å². The fourth-order valence-corrected chi connectivity index (χ4v) is 2.86. The predicted octanol–water partition coefficient (Wildman–Crippen LogP) is 2.30. The summed E-state index contributed by atoms with van der Waals surface area (Å²) in [6.45, 7) is 1.51. The maximum atomic E-state index is 12.3. The Morgan fingerprint density at radius 1 is 1.16 bits per heavy atom. The van der Waals surface area contributed by atoms with Crippen molar-refractivity contribution in [3.8, 4) is 0 Å². The first-order valence-electron chi connectivity index (χ1n) is 8.67. The van der Waals surface area contributed by atoms with E-state index < -0.39 is 5.97 Å². The van der Waals surface area contributed by atoms with Crippen LogP contribution in [0.5, 0.6) is 0 Å². The van der Waals surface area contributed by atoms with Gasteiger partial charge in [-0.15, -0.1) is 0 Å². The molecule has 1 aromatic carbocycles. The van der Waals surface area contributed by atoms with Crippen molar-refractivity contribution in [2.24, 2.45) is 5.92 Å². The van der Waals surface area contributed by atoms with Gasteiger partial charge in [-0.3, -0.25) is 9.59 Å². The van der Waals surface area contributed by atoms with Crippen molar-refractivity contribution in [3.63, 3.8) is 0 Å². The fraction of sp³-hybridized carbons (Fsp3) is 0.500. The molecule has 0 aromatic heterocycles. The number of amides is 3. The molecule has 1 aliphatic heterocycles. The lowest BCUT2D eigenvalue weighted by atomic mass is 9.97. The zero-order valence-electron chi connectivity index (χ0n) is 14.2. The Labute approximate surface area is 147 Å². The number of rotatable bonds is 7. The Hall–Kier alpha value is -2.57. The number of benzene rings is 1. The monoisotopic (exact) mass is 347 g/mol. The van der Waals surface area contributed by atoms with Crippen molar-refractivity contribution in [1.29, 1.82) is 0 Å². The molecular weight excluding hydrogens is 322 g/mol. The van der Waals surface area contributed by atoms with Gasteiger partial charge < -0.3 is 20.6 Å². The Morgan fingerprint density at radius 2 is 1.92 bits per heavy atom. The summed E-state index contributed by atoms with van der Waals surface area (Å²) in [5.41, 5.74) is 0.734. The van der Waals surface area contributed by atoms with Crippen LogP contribution in [0.1, 0.15) is 32.1 Å². The van der Waals surface area contributed by atoms with Gasteiger partial charge in [0, 0.05) is 31.7 Å². The van der Waals surface area contributed by atoms with E-state index in [0.717, 1.165) is 18.5 Å². The van der Waals surface area contributed by atoms with Crippen LogP contribution in [0.4, 0.5) is 10.5 Å². The summed E-state index contributed by atoms with van der Waals surface area (Å²) in [6, 6.07) is 9.05. The zero-order valence-corrected chi connectivity index (χ0v) is 14.2. The van der Waals surface area contributed by atoms with E-state index in [9.17, 15) is 14.4 Å². The predicted molar refractivity (Wildman–Crippen MR) is 94.3 cm³/mol. The van der Waals surface area contributed by atoms with E-state index in [4.69, 9.17) is 5.11 Å². The summed E-state index contributed by atoms with van der Waals surface area (Å²) in [7, 11) is 0. The molecule has 0 radical (unpaired) electrons. The van der Waals surface area contributed by atoms with E-state index in [1.807, 2.05) is 30.3 Å². The summed E-state index contributed by atoms with van der Waals surface area (Å²) in [6.07, 6.45) is 2.86. The molecule has 1 atom stereocenters. The standard InChI is InChI=1S/C18H25N3O4/c22-16(23)10-4-5-11-19-17(24)14-7-6-12-21(13-14)18(25)20-15-8-2-1-3-9-15/h1-3,8-9,14H,4-7,10-13H2,(H,19,24)(H,20,25)(H,22,23). The molecule has 7 nitrogen and oxygen atoms in total. The van der Waals surface area contributed by atoms with Crippen LogP contribution in [0.15, 0.2) is 30.3 Å². The molecule has 1 aliphatic rings. The second-order valence-electron chi connectivity index (χ2n) is 6.22. The number of carbonyl (C=O) groups is 3. The lowest BCUT2D eigenvalue weighted by molar-refractivity contribution is -0.137. The number of nitrogens with zero attached hydrogens (tertiary/aromatic N) is 1. The van der Waals surface area contributed by atoms with Gasteiger partial charge in [0.15, 0.2) is 0 Å². The maximum absolute atomic E-state index is 12.3. The Bertz CT molecular complexity index is 591. The number of likely N-dealkylation sites (tertiary alicyclic amines) is 1. The zero-order chi connectivity index (χ0) is 18.1. The first-order valence-corrected chi connectivity index (χ1v) is 8.67. The van der Waals surface area contributed by atoms with Crippen LogP contribution >= 0.6 is 0 Å². The van der Waals surface area contributed by atoms with Crippen LogP contribution < -0.4 is 10.6 Å². The van der Waals surface area contributed by atoms with Crippen LogP contribution in [0.3, 0.4) is 0 Å². The van der Waals surface area contributed by atoms with E-state index in [1.165, 1.54) is 0 Å². The molecular formula is C18H25N3O4. The molecule has 0 aliphatic carbocycles. The van der Waals surface area contributed by atoms with Gasteiger partial charge >= 0.3 is 12.0 Å². The molecule has 1 heterocycles. The van der Waals surface area contributed by atoms with Crippen molar-refractivity contribution < 1.29 is 19.5 Å². The quantitative estimate of drug-likeness (QED) is 0.659. The lowest BCUT2D eigenvalue weighted by Gasteiger charge is -2.32. The maximum Gasteiger partial charge on any atom is 0.321 e. The van der Waals surface area contributed by atoms with E-state index in [0.29, 0.717) is 32.5 Å². The van der Waals surface area contributed by atoms with Crippen LogP contribution in [-0.2, 0) is 9.59 Å². The molecule has 0 saturated carbocycles. The number of urea groups is 1. The highest BCUT2D eigenvalue weighted by Gasteiger charge is 2.28. The SMILES string of the molecule is O=C(O)CCCCNC(=O)C1CCCN(C(=O)Nc2ccccc2)C1. The summed E-state index contributed by atoms with van der Waals surface area (Å²) < 4.78 is 0. The van der Waals surface area contributed by atoms with E-state index >= 15 is 0 Å². The van der Waals surface area contributed by atoms with Gasteiger partial charge in [-0.1, -0.05) is 18.2 Å². The van der Waals surface area contributed by atoms with Gasteiger partial charge in [-0.25, -0.2) is 4.79 Å². The van der Waals surface area contributed by atoms with Crippen molar-refractivity contribution in [1.82, 2.24) is 10.2 Å². The molecule has 2 rings (SSSR count). The first kappa shape index (κ1) is 18.8. The lowest BCUT2D eigenvalue weighted by Crippen LogP contribution is -2.47. The topological polar surface area (TPSA) is 98.7 Å². The Morgan fingerprint density at radius 3 is 2.64 bits per heavy atom. The van der Waals surface area contributed by atoms with Crippen LogP contribution in [0, 0.1) is 5.92 Å². The van der Waals surface area contributed by atoms with Crippen LogP contribution in [-0.4, -0.2) is 47.5 Å². The molecule has 0 bridgehead atoms. The number of hydrogen-bond donors (Lipinski definition) is 3. The number of anilines is 1. The number of hydrogen-bond acceptors (Lipinski definition) is 3. The number of nitrogens with one attached hydrogen (secondary N) is 2. The number of unbranched alkanes of at least 4 members (excludes halogenated alkanes) is 1. The summed E-state index contributed by atoms with van der Waals surface area (Å²) in [5, 5.41) is 14.3. The summed E-state index contributed by atoms with van der Waals surface area (Å²) in [5.74, 6) is -1.10. The minimum Gasteiger partial charge on any atom is -0.481 e. The van der Waals surface area contributed by atoms with Crippen LogP contribution in [0.2, 0.25) is 0 Å². The molecule has 1 aromatic rings. The minimum absolute atomic E-state index is 0.0625. The van der Waals surface area contributed by atoms with Gasteiger partial charge in [0.05, 0.1) is 5.92 Å². The average Bonchev–Trinajstić information content (AvgIpc) is 2.62. The molecule has 25 heavy (non-hydrogen) atoms. The Kier molecular flexibility index (Phi) is 7.25. The highest BCUT2D eigenvalue weighted by atomic mass is 16.4. The molecule has 1 unspecified atom stereocenters. The molecule has 3 N–H and O–H groups in total. The second-order valence-corrected chi connectivity index (χ2v) is 6.22. The third kappa shape index (κ3) is 6.45. The number of piperidine rings is 1. The third-order valence-electron chi connectivity index (χ3n) is 4.22. The molecule has 3 amide bonds. The molecule has 136 valence electrons. The number of para-hydroxylation sites is 1. The fourth-order valence-electron chi connectivity index (χ4n) is 2.86. The van der Waals surface area contributed by atoms with Gasteiger partial charge in [0.25, 0.3) is 0 Å². The average molecular weight is 347 g/mol. The molecule has 7 heteroatoms. The Balaban J connectivity index is 1.74. The number of carboxylic acid groups (broad SMARTS) is 1. The smallest absolute Gasteiger partial charge is 0.321 e. The van der Waals surface area contributed by atoms with Gasteiger partial charge in [-0.05, 0) is 37.8 Å². The number of carboxylic acids is 1. The van der Waals surface area contributed by atoms with E-state index in [1.54, 1.807) is 4.90 Å². The highest BCUT2D eigenvalue weighted by molar-refractivity contribution is 5.90. The van der Waals surface area contributed by atoms with Crippen molar-refractivity contribution in [2.75, 3.05) is 25.0 Å². The molecule has 1 saturated heterocycles. The van der Waals surface area contributed by atoms with Crippen LogP contribution in [0.25, 0.3) is 0 Å². The second kappa shape index (κ2) is 9.66. The molecule has 1 fully saturated rings. The highest BCUT2D eigenvalue weighted by Crippen LogP contribution is 2.18. The van der Waals surface area contributed by atoms with E-state index in [2.05, 4.69) is 10.6 Å². The van der Waals surface area contributed by atoms with Crippen molar-refractivity contribution in [3.05, 3.63) is 30.3 Å². The third-order valence-corrected chi connectivity index (χ3v) is 4.22.